The number of ether oxygens (including phenoxy) is 1. The van der Waals surface area contributed by atoms with E-state index in [1.54, 1.807) is 31.2 Å². The number of carbonyl (C=O) groups excluding carboxylic acids is 2. The Morgan fingerprint density at radius 2 is 2.12 bits per heavy atom. The molecule has 0 saturated carbocycles. The summed E-state index contributed by atoms with van der Waals surface area (Å²) in [5.74, 6) is -0.160. The van der Waals surface area contributed by atoms with Crippen LogP contribution in [-0.4, -0.2) is 72.4 Å². The Kier molecular flexibility index (Phi) is 7.73. The van der Waals surface area contributed by atoms with Crippen molar-refractivity contribution in [2.75, 3.05) is 40.3 Å². The normalized spacial score (nSPS) is 17.5. The number of nitrogens with zero attached hydrogens (tertiary/aromatic N) is 3. The smallest absolute Gasteiger partial charge is 0.256 e. The van der Waals surface area contributed by atoms with Gasteiger partial charge in [0.05, 0.1) is 24.4 Å². The lowest BCUT2D eigenvalue weighted by atomic mass is 9.92. The fourth-order valence-corrected chi connectivity index (χ4v) is 4.03. The van der Waals surface area contributed by atoms with Gasteiger partial charge in [0.25, 0.3) is 5.91 Å². The van der Waals surface area contributed by atoms with Crippen molar-refractivity contribution in [2.45, 2.75) is 32.2 Å². The van der Waals surface area contributed by atoms with Gasteiger partial charge in [-0.2, -0.15) is 0 Å². The summed E-state index contributed by atoms with van der Waals surface area (Å²) in [6, 6.07) is 9.27. The van der Waals surface area contributed by atoms with E-state index in [9.17, 15) is 14.7 Å². The Bertz CT molecular complexity index is 946. The number of methoxy groups -OCH3 is 1. The highest BCUT2D eigenvalue weighted by molar-refractivity contribution is 5.99. The summed E-state index contributed by atoms with van der Waals surface area (Å²) in [6.07, 6.45) is 2.10. The van der Waals surface area contributed by atoms with E-state index in [1.165, 1.54) is 0 Å². The second-order valence-corrected chi connectivity index (χ2v) is 8.43. The van der Waals surface area contributed by atoms with E-state index in [2.05, 4.69) is 10.3 Å². The molecule has 8 nitrogen and oxygen atoms in total. The minimum absolute atomic E-state index is 0.160. The molecule has 0 fully saturated rings. The predicted molar refractivity (Wildman–Crippen MR) is 121 cm³/mol. The summed E-state index contributed by atoms with van der Waals surface area (Å²) in [7, 11) is 3.42. The van der Waals surface area contributed by atoms with E-state index < -0.39 is 11.8 Å². The zero-order chi connectivity index (χ0) is 23.3. The Balaban J connectivity index is 1.84. The number of fused-ring (bicyclic) bond motifs is 1. The zero-order valence-electron chi connectivity index (χ0n) is 19.2. The van der Waals surface area contributed by atoms with E-state index >= 15 is 0 Å². The number of benzene rings is 1. The van der Waals surface area contributed by atoms with E-state index in [1.807, 2.05) is 43.1 Å². The van der Waals surface area contributed by atoms with Gasteiger partial charge in [-0.15, -0.1) is 0 Å². The number of nitrogens with one attached hydrogen (secondary N) is 1. The van der Waals surface area contributed by atoms with Gasteiger partial charge in [-0.1, -0.05) is 18.2 Å². The number of aldehydes is 1. The van der Waals surface area contributed by atoms with Crippen LogP contribution in [0.3, 0.4) is 0 Å². The summed E-state index contributed by atoms with van der Waals surface area (Å²) < 4.78 is 5.64. The topological polar surface area (TPSA) is 95.0 Å². The SMILES string of the molecule is CNCCN(CC=O)CC(C)(O)c1ccc2c(c1)C(=O)N(Cc1ccc(C)cn1)C2OC. The number of aromatic nitrogens is 1. The molecule has 0 bridgehead atoms. The lowest BCUT2D eigenvalue weighted by Crippen LogP contribution is -2.42. The molecule has 172 valence electrons. The van der Waals surface area contributed by atoms with Crippen LogP contribution in [0.1, 0.15) is 45.9 Å². The predicted octanol–water partition coefficient (Wildman–Crippen LogP) is 1.62. The molecule has 2 N–H and O–H groups in total. The monoisotopic (exact) mass is 440 g/mol. The standard InChI is InChI=1S/C24H32N4O4/c1-17-5-7-19(26-14-17)15-28-22(30)21-13-18(6-8-20(21)23(28)32-4)24(2,31)16-27(11-12-29)10-9-25-3/h5-8,12-14,23,25,31H,9-11,15-16H2,1-4H3. The highest BCUT2D eigenvalue weighted by Crippen LogP contribution is 2.37. The Hall–Kier alpha value is -2.65. The van der Waals surface area contributed by atoms with Crippen LogP contribution < -0.4 is 5.32 Å². The van der Waals surface area contributed by atoms with E-state index in [4.69, 9.17) is 4.74 Å². The number of amides is 1. The first-order chi connectivity index (χ1) is 15.3. The largest absolute Gasteiger partial charge is 0.384 e. The lowest BCUT2D eigenvalue weighted by Gasteiger charge is -2.31. The quantitative estimate of drug-likeness (QED) is 0.513. The molecule has 2 atom stereocenters. The second kappa shape index (κ2) is 10.3. The molecule has 1 aliphatic heterocycles. The summed E-state index contributed by atoms with van der Waals surface area (Å²) in [5, 5.41) is 14.3. The van der Waals surface area contributed by atoms with Crippen LogP contribution in [0.5, 0.6) is 0 Å². The van der Waals surface area contributed by atoms with Crippen LogP contribution in [0.2, 0.25) is 0 Å². The van der Waals surface area contributed by atoms with Crippen LogP contribution in [0.15, 0.2) is 36.5 Å². The fraction of sp³-hybridized carbons (Fsp3) is 0.458. The van der Waals surface area contributed by atoms with Crippen LogP contribution in [-0.2, 0) is 21.7 Å². The summed E-state index contributed by atoms with van der Waals surface area (Å²) in [5.41, 5.74) is 2.50. The number of rotatable bonds is 11. The van der Waals surface area contributed by atoms with Crippen molar-refractivity contribution < 1.29 is 19.4 Å². The highest BCUT2D eigenvalue weighted by atomic mass is 16.5. The molecule has 2 unspecified atom stereocenters. The molecule has 8 heteroatoms. The van der Waals surface area contributed by atoms with Crippen LogP contribution in [0, 0.1) is 6.92 Å². The van der Waals surface area contributed by atoms with Crippen molar-refractivity contribution in [3.63, 3.8) is 0 Å². The van der Waals surface area contributed by atoms with Crippen molar-refractivity contribution in [1.82, 2.24) is 20.1 Å². The molecule has 3 rings (SSSR count). The van der Waals surface area contributed by atoms with Crippen molar-refractivity contribution in [3.8, 4) is 0 Å². The van der Waals surface area contributed by atoms with Gasteiger partial charge in [0.1, 0.15) is 6.29 Å². The van der Waals surface area contributed by atoms with Gasteiger partial charge in [-0.05, 0) is 44.2 Å². The first-order valence-electron chi connectivity index (χ1n) is 10.7. The first-order valence-corrected chi connectivity index (χ1v) is 10.7. The number of hydrogen-bond donors (Lipinski definition) is 2. The van der Waals surface area contributed by atoms with Crippen LogP contribution >= 0.6 is 0 Å². The molecule has 0 spiro atoms. The maximum absolute atomic E-state index is 13.3. The molecule has 1 aliphatic rings. The maximum Gasteiger partial charge on any atom is 0.256 e. The maximum atomic E-state index is 13.3. The Labute approximate surface area is 189 Å². The third kappa shape index (κ3) is 5.21. The number of carbonyl (C=O) groups is 2. The summed E-state index contributed by atoms with van der Waals surface area (Å²) >= 11 is 0. The van der Waals surface area contributed by atoms with Crippen LogP contribution in [0.4, 0.5) is 0 Å². The molecule has 0 aliphatic carbocycles. The van der Waals surface area contributed by atoms with Crippen molar-refractivity contribution in [1.29, 1.82) is 0 Å². The summed E-state index contributed by atoms with van der Waals surface area (Å²) in [6.45, 7) is 5.81. The average molecular weight is 441 g/mol. The van der Waals surface area contributed by atoms with Gasteiger partial charge in [-0.25, -0.2) is 0 Å². The highest BCUT2D eigenvalue weighted by Gasteiger charge is 2.38. The molecule has 2 heterocycles. The zero-order valence-corrected chi connectivity index (χ0v) is 19.2. The van der Waals surface area contributed by atoms with Crippen molar-refractivity contribution in [2.24, 2.45) is 0 Å². The Morgan fingerprint density at radius 1 is 1.34 bits per heavy atom. The van der Waals surface area contributed by atoms with Crippen molar-refractivity contribution >= 4 is 12.2 Å². The van der Waals surface area contributed by atoms with Gasteiger partial charge in [-0.3, -0.25) is 14.7 Å². The number of pyridine rings is 1. The number of aliphatic hydroxyl groups is 1. The summed E-state index contributed by atoms with van der Waals surface area (Å²) in [4.78, 5) is 32.2. The minimum atomic E-state index is -1.24. The van der Waals surface area contributed by atoms with Gasteiger partial charge in [0, 0.05) is 44.1 Å². The molecular formula is C24H32N4O4. The molecule has 2 aromatic rings. The van der Waals surface area contributed by atoms with Gasteiger partial charge in [0.15, 0.2) is 6.23 Å². The van der Waals surface area contributed by atoms with Gasteiger partial charge in [0.2, 0.25) is 0 Å². The third-order valence-electron chi connectivity index (χ3n) is 5.79. The van der Waals surface area contributed by atoms with Gasteiger partial charge >= 0.3 is 0 Å². The third-order valence-corrected chi connectivity index (χ3v) is 5.79. The molecule has 0 radical (unpaired) electrons. The molecule has 1 aromatic heterocycles. The van der Waals surface area contributed by atoms with E-state index in [0.29, 0.717) is 30.8 Å². The first kappa shape index (κ1) is 24.0. The van der Waals surface area contributed by atoms with Gasteiger partial charge < -0.3 is 24.9 Å². The number of aryl methyl sites for hydroxylation is 1. The number of likely N-dealkylation sites (N-methyl/N-ethyl adjacent to an activating group) is 1. The van der Waals surface area contributed by atoms with Crippen molar-refractivity contribution in [3.05, 3.63) is 64.5 Å². The average Bonchev–Trinajstić information content (AvgIpc) is 3.04. The van der Waals surface area contributed by atoms with E-state index in [0.717, 1.165) is 23.1 Å². The lowest BCUT2D eigenvalue weighted by molar-refractivity contribution is -0.109. The molecule has 32 heavy (non-hydrogen) atoms. The van der Waals surface area contributed by atoms with E-state index in [-0.39, 0.29) is 19.0 Å². The minimum Gasteiger partial charge on any atom is -0.384 e. The molecule has 0 saturated heterocycles. The van der Waals surface area contributed by atoms with Crippen LogP contribution in [0.25, 0.3) is 0 Å². The number of hydrogen-bond acceptors (Lipinski definition) is 7. The molecular weight excluding hydrogens is 408 g/mol. The second-order valence-electron chi connectivity index (χ2n) is 8.43. The molecule has 1 amide bonds. The molecule has 1 aromatic carbocycles. The Morgan fingerprint density at radius 3 is 2.75 bits per heavy atom. The fourth-order valence-electron chi connectivity index (χ4n) is 4.03.